The summed E-state index contributed by atoms with van der Waals surface area (Å²) >= 11 is 5.81. The van der Waals surface area contributed by atoms with E-state index < -0.39 is 0 Å². The van der Waals surface area contributed by atoms with Gasteiger partial charge in [-0.05, 0) is 35.7 Å². The predicted octanol–water partition coefficient (Wildman–Crippen LogP) is 3.93. The van der Waals surface area contributed by atoms with Gasteiger partial charge < -0.3 is 10.2 Å². The van der Waals surface area contributed by atoms with Crippen molar-refractivity contribution in [2.75, 3.05) is 18.9 Å². The average Bonchev–Trinajstić information content (AvgIpc) is 2.57. The summed E-state index contributed by atoms with van der Waals surface area (Å²) in [4.78, 5) is 25.8. The Bertz CT molecular complexity index is 686. The van der Waals surface area contributed by atoms with Gasteiger partial charge in [0.15, 0.2) is 0 Å². The molecule has 0 aromatic heterocycles. The second-order valence-electron chi connectivity index (χ2n) is 5.82. The van der Waals surface area contributed by atoms with Gasteiger partial charge in [-0.3, -0.25) is 9.59 Å². The number of benzene rings is 2. The molecule has 126 valence electrons. The van der Waals surface area contributed by atoms with Crippen LogP contribution in [-0.4, -0.2) is 30.3 Å². The number of rotatable bonds is 6. The Morgan fingerprint density at radius 3 is 2.33 bits per heavy atom. The van der Waals surface area contributed by atoms with E-state index in [0.717, 1.165) is 5.56 Å². The molecule has 2 rings (SSSR count). The Labute approximate surface area is 147 Å². The number of hydrogen-bond acceptors (Lipinski definition) is 2. The highest BCUT2D eigenvalue weighted by Crippen LogP contribution is 2.19. The number of hydrogen-bond donors (Lipinski definition) is 1. The molecule has 24 heavy (non-hydrogen) atoms. The van der Waals surface area contributed by atoms with Crippen molar-refractivity contribution in [3.63, 3.8) is 0 Å². The van der Waals surface area contributed by atoms with E-state index in [2.05, 4.69) is 5.32 Å². The van der Waals surface area contributed by atoms with Crippen LogP contribution in [0, 0.1) is 0 Å². The van der Waals surface area contributed by atoms with E-state index in [1.54, 1.807) is 31.3 Å². The lowest BCUT2D eigenvalue weighted by atomic mass is 9.97. The molecule has 0 heterocycles. The first-order valence-electron chi connectivity index (χ1n) is 7.80. The largest absolute Gasteiger partial charge is 0.336 e. The van der Waals surface area contributed by atoms with Gasteiger partial charge in [-0.2, -0.15) is 0 Å². The summed E-state index contributed by atoms with van der Waals surface area (Å²) in [6.07, 6.45) is 0.370. The van der Waals surface area contributed by atoms with Gasteiger partial charge in [0.1, 0.15) is 0 Å². The fourth-order valence-corrected chi connectivity index (χ4v) is 2.48. The number of nitrogens with zero attached hydrogens (tertiary/aromatic N) is 1. The van der Waals surface area contributed by atoms with Crippen molar-refractivity contribution in [3.8, 4) is 0 Å². The van der Waals surface area contributed by atoms with E-state index in [-0.39, 0.29) is 24.3 Å². The molecule has 0 fully saturated rings. The van der Waals surface area contributed by atoms with Crippen molar-refractivity contribution in [2.24, 2.45) is 0 Å². The molecule has 0 saturated heterocycles. The van der Waals surface area contributed by atoms with E-state index >= 15 is 0 Å². The van der Waals surface area contributed by atoms with Gasteiger partial charge in [-0.15, -0.1) is 0 Å². The van der Waals surface area contributed by atoms with Gasteiger partial charge in [-0.25, -0.2) is 0 Å². The molecular weight excluding hydrogens is 324 g/mol. The second kappa shape index (κ2) is 8.50. The Kier molecular flexibility index (Phi) is 6.38. The molecule has 1 atom stereocenters. The number of likely N-dealkylation sites (N-methyl/N-ethyl adjacent to an activating group) is 1. The van der Waals surface area contributed by atoms with Crippen LogP contribution in [0.1, 0.15) is 24.8 Å². The van der Waals surface area contributed by atoms with E-state index in [4.69, 9.17) is 11.6 Å². The van der Waals surface area contributed by atoms with E-state index in [1.807, 2.05) is 37.3 Å². The third kappa shape index (κ3) is 5.39. The first-order chi connectivity index (χ1) is 11.5. The summed E-state index contributed by atoms with van der Waals surface area (Å²) in [6.45, 7) is 2.03. The van der Waals surface area contributed by atoms with Crippen LogP contribution >= 0.6 is 11.6 Å². The third-order valence-electron chi connectivity index (χ3n) is 3.78. The van der Waals surface area contributed by atoms with Crippen LogP contribution in [0.5, 0.6) is 0 Å². The minimum atomic E-state index is -0.236. The SMILES string of the molecule is C[C@@H](CC(=O)N(C)CC(=O)Nc1ccc(Cl)cc1)c1ccccc1. The lowest BCUT2D eigenvalue weighted by molar-refractivity contribution is -0.133. The minimum Gasteiger partial charge on any atom is -0.336 e. The molecule has 0 aliphatic heterocycles. The average molecular weight is 345 g/mol. The quantitative estimate of drug-likeness (QED) is 0.863. The van der Waals surface area contributed by atoms with Crippen LogP contribution in [0.3, 0.4) is 0 Å². The maximum atomic E-state index is 12.3. The zero-order chi connectivity index (χ0) is 17.5. The zero-order valence-electron chi connectivity index (χ0n) is 13.8. The summed E-state index contributed by atoms with van der Waals surface area (Å²) in [5.74, 6) is -0.182. The van der Waals surface area contributed by atoms with Gasteiger partial charge in [0, 0.05) is 24.2 Å². The highest BCUT2D eigenvalue weighted by Gasteiger charge is 2.17. The molecule has 0 aliphatic rings. The highest BCUT2D eigenvalue weighted by molar-refractivity contribution is 6.30. The molecule has 2 amide bonds. The molecule has 5 heteroatoms. The van der Waals surface area contributed by atoms with Crippen LogP contribution in [0.2, 0.25) is 5.02 Å². The number of nitrogens with one attached hydrogen (secondary N) is 1. The van der Waals surface area contributed by atoms with Crippen molar-refractivity contribution >= 4 is 29.1 Å². The Morgan fingerprint density at radius 1 is 1.08 bits per heavy atom. The van der Waals surface area contributed by atoms with Gasteiger partial charge >= 0.3 is 0 Å². The standard InChI is InChI=1S/C19H21ClN2O2/c1-14(15-6-4-3-5-7-15)12-19(24)22(2)13-18(23)21-17-10-8-16(20)9-11-17/h3-11,14H,12-13H2,1-2H3,(H,21,23)/t14-/m0/s1. The lowest BCUT2D eigenvalue weighted by Crippen LogP contribution is -2.35. The first kappa shape index (κ1) is 18.0. The summed E-state index contributed by atoms with van der Waals surface area (Å²) in [5, 5.41) is 3.36. The summed E-state index contributed by atoms with van der Waals surface area (Å²) in [5.41, 5.74) is 1.77. The van der Waals surface area contributed by atoms with Crippen LogP contribution in [0.15, 0.2) is 54.6 Å². The normalized spacial score (nSPS) is 11.6. The zero-order valence-corrected chi connectivity index (χ0v) is 14.6. The van der Waals surface area contributed by atoms with Crippen molar-refractivity contribution in [2.45, 2.75) is 19.3 Å². The number of carbonyl (C=O) groups is 2. The van der Waals surface area contributed by atoms with Crippen molar-refractivity contribution in [1.82, 2.24) is 4.90 Å². The van der Waals surface area contributed by atoms with E-state index in [9.17, 15) is 9.59 Å². The smallest absolute Gasteiger partial charge is 0.243 e. The van der Waals surface area contributed by atoms with Gasteiger partial charge in [-0.1, -0.05) is 48.9 Å². The Morgan fingerprint density at radius 2 is 1.71 bits per heavy atom. The topological polar surface area (TPSA) is 49.4 Å². The van der Waals surface area contributed by atoms with Crippen LogP contribution in [0.25, 0.3) is 0 Å². The maximum absolute atomic E-state index is 12.3. The predicted molar refractivity (Wildman–Crippen MR) is 97.2 cm³/mol. The molecule has 0 saturated carbocycles. The van der Waals surface area contributed by atoms with Crippen molar-refractivity contribution in [3.05, 3.63) is 65.2 Å². The molecule has 0 unspecified atom stereocenters. The molecule has 0 bridgehead atoms. The highest BCUT2D eigenvalue weighted by atomic mass is 35.5. The van der Waals surface area contributed by atoms with E-state index in [0.29, 0.717) is 17.1 Å². The summed E-state index contributed by atoms with van der Waals surface area (Å²) in [6, 6.07) is 16.7. The number of anilines is 1. The summed E-state index contributed by atoms with van der Waals surface area (Å²) in [7, 11) is 1.64. The molecule has 0 spiro atoms. The first-order valence-corrected chi connectivity index (χ1v) is 8.18. The van der Waals surface area contributed by atoms with E-state index in [1.165, 1.54) is 4.90 Å². The maximum Gasteiger partial charge on any atom is 0.243 e. The molecule has 1 N–H and O–H groups in total. The van der Waals surface area contributed by atoms with Crippen molar-refractivity contribution < 1.29 is 9.59 Å². The van der Waals surface area contributed by atoms with Gasteiger partial charge in [0.05, 0.1) is 6.54 Å². The number of halogens is 1. The molecular formula is C19H21ClN2O2. The lowest BCUT2D eigenvalue weighted by Gasteiger charge is -2.19. The summed E-state index contributed by atoms with van der Waals surface area (Å²) < 4.78 is 0. The molecule has 2 aromatic carbocycles. The number of amides is 2. The van der Waals surface area contributed by atoms with Crippen molar-refractivity contribution in [1.29, 1.82) is 0 Å². The van der Waals surface area contributed by atoms with Crippen LogP contribution < -0.4 is 5.32 Å². The molecule has 2 aromatic rings. The number of carbonyl (C=O) groups excluding carboxylic acids is 2. The molecule has 0 radical (unpaired) electrons. The minimum absolute atomic E-state index is 0.0168. The van der Waals surface area contributed by atoms with Crippen LogP contribution in [0.4, 0.5) is 5.69 Å². The Hall–Kier alpha value is -2.33. The van der Waals surface area contributed by atoms with Gasteiger partial charge in [0.2, 0.25) is 11.8 Å². The van der Waals surface area contributed by atoms with Crippen LogP contribution in [-0.2, 0) is 9.59 Å². The van der Waals surface area contributed by atoms with Gasteiger partial charge in [0.25, 0.3) is 0 Å². The fourth-order valence-electron chi connectivity index (χ4n) is 2.35. The Balaban J connectivity index is 1.84. The molecule has 4 nitrogen and oxygen atoms in total. The molecule has 0 aliphatic carbocycles. The third-order valence-corrected chi connectivity index (χ3v) is 4.04. The second-order valence-corrected chi connectivity index (χ2v) is 6.26. The monoisotopic (exact) mass is 344 g/mol. The fraction of sp³-hybridized carbons (Fsp3) is 0.263.